The summed E-state index contributed by atoms with van der Waals surface area (Å²) in [5, 5.41) is 5.99. The van der Waals surface area contributed by atoms with Gasteiger partial charge in [0, 0.05) is 0 Å². The summed E-state index contributed by atoms with van der Waals surface area (Å²) < 4.78 is 4.72. The van der Waals surface area contributed by atoms with Crippen molar-refractivity contribution >= 4 is 28.7 Å². The summed E-state index contributed by atoms with van der Waals surface area (Å²) in [5.74, 6) is -0.458. The van der Waals surface area contributed by atoms with Crippen LogP contribution in [0.5, 0.6) is 0 Å². The normalized spacial score (nSPS) is 11.1. The third-order valence-electron chi connectivity index (χ3n) is 2.20. The first-order chi connectivity index (χ1) is 8.81. The summed E-state index contributed by atoms with van der Waals surface area (Å²) in [7, 11) is 1.34. The maximum absolute atomic E-state index is 11.6. The van der Waals surface area contributed by atoms with E-state index in [0.717, 1.165) is 10.6 Å². The van der Waals surface area contributed by atoms with Gasteiger partial charge in [-0.25, -0.2) is 4.79 Å². The molecule has 0 radical (unpaired) electrons. The van der Waals surface area contributed by atoms with Gasteiger partial charge in [-0.05, 0) is 23.6 Å². The third kappa shape index (κ3) is 2.95. The maximum Gasteiger partial charge on any atom is 0.359 e. The first-order valence-corrected chi connectivity index (χ1v) is 6.20. The number of anilines is 1. The molecule has 18 heavy (non-hydrogen) atoms. The molecular formula is C13H12N2O2S. The van der Waals surface area contributed by atoms with E-state index in [1.54, 1.807) is 0 Å². The van der Waals surface area contributed by atoms with E-state index in [1.807, 2.05) is 47.8 Å². The minimum absolute atomic E-state index is 0.274. The molecule has 0 aliphatic rings. The number of carbonyl (C=O) groups is 1. The largest absolute Gasteiger partial charge is 0.464 e. The first kappa shape index (κ1) is 12.3. The molecule has 2 aromatic rings. The Bertz CT molecular complexity index is 535. The average Bonchev–Trinajstić information content (AvgIpc) is 2.94. The molecule has 0 saturated carbocycles. The lowest BCUT2D eigenvalue weighted by molar-refractivity contribution is -0.132. The van der Waals surface area contributed by atoms with Gasteiger partial charge in [0.15, 0.2) is 5.71 Å². The molecule has 2 rings (SSSR count). The highest BCUT2D eigenvalue weighted by Gasteiger charge is 2.15. The standard InChI is InChI=1S/C13H12N2O2S/c1-17-13(16)12(11-8-5-9-18-11)15-14-10-6-3-2-4-7-10/h2-9,14H,1H3/b15-12-. The van der Waals surface area contributed by atoms with Crippen molar-refractivity contribution in [1.82, 2.24) is 0 Å². The zero-order valence-electron chi connectivity index (χ0n) is 9.79. The van der Waals surface area contributed by atoms with Gasteiger partial charge in [0.05, 0.1) is 17.7 Å². The minimum atomic E-state index is -0.458. The highest BCUT2D eigenvalue weighted by molar-refractivity contribution is 7.13. The summed E-state index contributed by atoms with van der Waals surface area (Å²) in [6, 6.07) is 13.1. The molecule has 1 aromatic carbocycles. The van der Waals surface area contributed by atoms with E-state index < -0.39 is 5.97 Å². The van der Waals surface area contributed by atoms with Crippen LogP contribution in [0, 0.1) is 0 Å². The van der Waals surface area contributed by atoms with E-state index >= 15 is 0 Å². The molecule has 0 bridgehead atoms. The van der Waals surface area contributed by atoms with Crippen molar-refractivity contribution in [1.29, 1.82) is 0 Å². The Morgan fingerprint density at radius 2 is 2.00 bits per heavy atom. The SMILES string of the molecule is COC(=O)/C(=N\Nc1ccccc1)c1cccs1. The van der Waals surface area contributed by atoms with Crippen molar-refractivity contribution in [3.8, 4) is 0 Å². The number of ether oxygens (including phenoxy) is 1. The molecule has 0 fully saturated rings. The van der Waals surface area contributed by atoms with Gasteiger partial charge in [-0.3, -0.25) is 5.43 Å². The lowest BCUT2D eigenvalue weighted by Crippen LogP contribution is -2.17. The van der Waals surface area contributed by atoms with Crippen molar-refractivity contribution in [2.45, 2.75) is 0 Å². The van der Waals surface area contributed by atoms with Crippen LogP contribution < -0.4 is 5.43 Å². The van der Waals surface area contributed by atoms with Crippen LogP contribution in [0.3, 0.4) is 0 Å². The Hall–Kier alpha value is -2.14. The lowest BCUT2D eigenvalue weighted by Gasteiger charge is -2.04. The Labute approximate surface area is 109 Å². The van der Waals surface area contributed by atoms with E-state index in [1.165, 1.54) is 18.4 Å². The molecule has 5 heteroatoms. The third-order valence-corrected chi connectivity index (χ3v) is 3.08. The number of hydrazone groups is 1. The number of thiophene rings is 1. The highest BCUT2D eigenvalue weighted by atomic mass is 32.1. The van der Waals surface area contributed by atoms with Gasteiger partial charge < -0.3 is 4.74 Å². The van der Waals surface area contributed by atoms with Gasteiger partial charge in [-0.15, -0.1) is 11.3 Å². The zero-order chi connectivity index (χ0) is 12.8. The molecule has 0 spiro atoms. The zero-order valence-corrected chi connectivity index (χ0v) is 10.6. The van der Waals surface area contributed by atoms with Gasteiger partial charge in [0.2, 0.25) is 0 Å². The van der Waals surface area contributed by atoms with Crippen LogP contribution in [0.2, 0.25) is 0 Å². The molecule has 0 unspecified atom stereocenters. The number of hydrogen-bond donors (Lipinski definition) is 1. The fraction of sp³-hybridized carbons (Fsp3) is 0.0769. The quantitative estimate of drug-likeness (QED) is 0.522. The number of methoxy groups -OCH3 is 1. The number of esters is 1. The van der Waals surface area contributed by atoms with Crippen LogP contribution >= 0.6 is 11.3 Å². The van der Waals surface area contributed by atoms with Crippen molar-refractivity contribution in [2.75, 3.05) is 12.5 Å². The molecule has 1 heterocycles. The maximum atomic E-state index is 11.6. The predicted molar refractivity (Wildman–Crippen MR) is 72.9 cm³/mol. The predicted octanol–water partition coefficient (Wildman–Crippen LogP) is 2.74. The number of nitrogens with zero attached hydrogens (tertiary/aromatic N) is 1. The Morgan fingerprint density at radius 1 is 1.22 bits per heavy atom. The van der Waals surface area contributed by atoms with E-state index in [4.69, 9.17) is 4.74 Å². The molecular weight excluding hydrogens is 248 g/mol. The van der Waals surface area contributed by atoms with E-state index in [0.29, 0.717) is 0 Å². The highest BCUT2D eigenvalue weighted by Crippen LogP contribution is 2.12. The van der Waals surface area contributed by atoms with Gasteiger partial charge in [0.1, 0.15) is 0 Å². The van der Waals surface area contributed by atoms with Crippen LogP contribution in [-0.4, -0.2) is 18.8 Å². The number of carbonyl (C=O) groups excluding carboxylic acids is 1. The molecule has 1 N–H and O–H groups in total. The summed E-state index contributed by atoms with van der Waals surface area (Å²) >= 11 is 1.44. The molecule has 0 saturated heterocycles. The summed E-state index contributed by atoms with van der Waals surface area (Å²) in [4.78, 5) is 12.4. The number of rotatable bonds is 4. The lowest BCUT2D eigenvalue weighted by atomic mass is 10.3. The van der Waals surface area contributed by atoms with Gasteiger partial charge in [-0.2, -0.15) is 5.10 Å². The fourth-order valence-electron chi connectivity index (χ4n) is 1.34. The van der Waals surface area contributed by atoms with E-state index in [-0.39, 0.29) is 5.71 Å². The molecule has 4 nitrogen and oxygen atoms in total. The summed E-state index contributed by atoms with van der Waals surface area (Å²) in [6.45, 7) is 0. The molecule has 92 valence electrons. The monoisotopic (exact) mass is 260 g/mol. The Balaban J connectivity index is 2.22. The molecule has 0 aliphatic heterocycles. The van der Waals surface area contributed by atoms with Crippen molar-refractivity contribution in [3.63, 3.8) is 0 Å². The number of benzene rings is 1. The molecule has 0 amide bonds. The topological polar surface area (TPSA) is 50.7 Å². The van der Waals surface area contributed by atoms with Crippen molar-refractivity contribution < 1.29 is 9.53 Å². The number of nitrogens with one attached hydrogen (secondary N) is 1. The molecule has 0 atom stereocenters. The van der Waals surface area contributed by atoms with E-state index in [9.17, 15) is 4.79 Å². The number of hydrogen-bond acceptors (Lipinski definition) is 5. The van der Waals surface area contributed by atoms with Crippen LogP contribution in [0.1, 0.15) is 4.88 Å². The van der Waals surface area contributed by atoms with Gasteiger partial charge in [-0.1, -0.05) is 24.3 Å². The van der Waals surface area contributed by atoms with Gasteiger partial charge >= 0.3 is 5.97 Å². The summed E-state index contributed by atoms with van der Waals surface area (Å²) in [5.41, 5.74) is 3.93. The van der Waals surface area contributed by atoms with Gasteiger partial charge in [0.25, 0.3) is 0 Å². The second kappa shape index (κ2) is 5.97. The smallest absolute Gasteiger partial charge is 0.359 e. The fourth-order valence-corrected chi connectivity index (χ4v) is 2.05. The van der Waals surface area contributed by atoms with Crippen LogP contribution in [0.25, 0.3) is 0 Å². The second-order valence-corrected chi connectivity index (χ2v) is 4.35. The van der Waals surface area contributed by atoms with Crippen LogP contribution in [0.4, 0.5) is 5.69 Å². The Kier molecular flexibility index (Phi) is 4.09. The van der Waals surface area contributed by atoms with Crippen molar-refractivity contribution in [2.24, 2.45) is 5.10 Å². The number of para-hydroxylation sites is 1. The first-order valence-electron chi connectivity index (χ1n) is 5.32. The molecule has 0 aliphatic carbocycles. The van der Waals surface area contributed by atoms with Crippen molar-refractivity contribution in [3.05, 3.63) is 52.7 Å². The molecule has 1 aromatic heterocycles. The minimum Gasteiger partial charge on any atom is -0.464 e. The van der Waals surface area contributed by atoms with E-state index in [2.05, 4.69) is 10.5 Å². The average molecular weight is 260 g/mol. The Morgan fingerprint density at radius 3 is 2.61 bits per heavy atom. The van der Waals surface area contributed by atoms with Crippen LogP contribution in [-0.2, 0) is 9.53 Å². The van der Waals surface area contributed by atoms with Crippen LogP contribution in [0.15, 0.2) is 52.9 Å². The second-order valence-electron chi connectivity index (χ2n) is 3.41. The summed E-state index contributed by atoms with van der Waals surface area (Å²) in [6.07, 6.45) is 0.